The average molecular weight is 389 g/mol. The quantitative estimate of drug-likeness (QED) is 0.636. The molecule has 2 N–H and O–H groups in total. The minimum absolute atomic E-state index is 0.0410. The van der Waals surface area contributed by atoms with E-state index in [1.165, 1.54) is 0 Å². The number of sulfonamides is 1. The number of carbonyl (C=O) groups excluding carboxylic acids is 2. The summed E-state index contributed by atoms with van der Waals surface area (Å²) < 4.78 is 30.9. The van der Waals surface area contributed by atoms with Gasteiger partial charge in [0.25, 0.3) is 0 Å². The SMILES string of the molecule is COC(=O)CC(O)C(O)CC(=O)N1[C@@H]2C[C@H]3CC[C@]2(CS1(=O)=O)C3(C)C. The Labute approximate surface area is 153 Å². The first-order valence-corrected chi connectivity index (χ1v) is 10.5. The Morgan fingerprint density at radius 1 is 1.23 bits per heavy atom. The maximum absolute atomic E-state index is 12.7. The van der Waals surface area contributed by atoms with Crippen LogP contribution in [0.25, 0.3) is 0 Å². The molecule has 0 radical (unpaired) electrons. The molecule has 1 saturated heterocycles. The highest BCUT2D eigenvalue weighted by atomic mass is 32.2. The van der Waals surface area contributed by atoms with E-state index in [2.05, 4.69) is 18.6 Å². The van der Waals surface area contributed by atoms with Crippen molar-refractivity contribution in [3.63, 3.8) is 0 Å². The highest BCUT2D eigenvalue weighted by Crippen LogP contribution is 2.70. The maximum Gasteiger partial charge on any atom is 0.308 e. The van der Waals surface area contributed by atoms with Crippen molar-refractivity contribution >= 4 is 21.9 Å². The molecule has 26 heavy (non-hydrogen) atoms. The molecule has 2 aliphatic carbocycles. The van der Waals surface area contributed by atoms with Gasteiger partial charge in [-0.25, -0.2) is 12.7 Å². The summed E-state index contributed by atoms with van der Waals surface area (Å²) in [5.41, 5.74) is -0.579. The second-order valence-electron chi connectivity index (χ2n) is 8.43. The Morgan fingerprint density at radius 2 is 1.85 bits per heavy atom. The van der Waals surface area contributed by atoms with Gasteiger partial charge in [0.1, 0.15) is 0 Å². The number of fused-ring (bicyclic) bond motifs is 1. The summed E-state index contributed by atoms with van der Waals surface area (Å²) >= 11 is 0. The molecule has 1 spiro atoms. The molecular formula is C17H27NO7S. The predicted octanol–water partition coefficient (Wildman–Crippen LogP) is 0.0283. The molecule has 1 heterocycles. The Hall–Kier alpha value is -1.19. The number of rotatable bonds is 5. The lowest BCUT2D eigenvalue weighted by atomic mass is 9.69. The molecule has 5 atom stereocenters. The van der Waals surface area contributed by atoms with Gasteiger partial charge in [-0.15, -0.1) is 0 Å². The van der Waals surface area contributed by atoms with Gasteiger partial charge in [-0.1, -0.05) is 13.8 Å². The van der Waals surface area contributed by atoms with Gasteiger partial charge in [0.2, 0.25) is 15.9 Å². The number of aliphatic hydroxyl groups is 2. The first-order chi connectivity index (χ1) is 12.0. The molecule has 0 aromatic heterocycles. The van der Waals surface area contributed by atoms with Crippen LogP contribution < -0.4 is 0 Å². The smallest absolute Gasteiger partial charge is 0.308 e. The molecule has 148 valence electrons. The zero-order chi connectivity index (χ0) is 19.5. The first kappa shape index (κ1) is 19.6. The zero-order valence-electron chi connectivity index (χ0n) is 15.3. The average Bonchev–Trinajstić information content (AvgIpc) is 3.01. The number of nitrogens with zero attached hydrogens (tertiary/aromatic N) is 1. The highest BCUT2D eigenvalue weighted by molar-refractivity contribution is 7.90. The Kier molecular flexibility index (Phi) is 4.64. The van der Waals surface area contributed by atoms with E-state index in [1.54, 1.807) is 0 Å². The van der Waals surface area contributed by atoms with Crippen LogP contribution >= 0.6 is 0 Å². The molecule has 0 aromatic carbocycles. The van der Waals surface area contributed by atoms with Crippen molar-refractivity contribution in [2.45, 2.75) is 64.2 Å². The summed E-state index contributed by atoms with van der Waals surface area (Å²) in [4.78, 5) is 23.9. The standard InChI is InChI=1S/C17H27NO7S/c1-16(2)10-4-5-17(16)9-26(23,24)18(13(17)6-10)14(21)7-11(19)12(20)8-15(22)25-3/h10-13,19-20H,4-9H2,1-3H3/t10-,11?,12?,13-,17-/m1/s1. The first-order valence-electron chi connectivity index (χ1n) is 8.94. The summed E-state index contributed by atoms with van der Waals surface area (Å²) in [5, 5.41) is 19.9. The van der Waals surface area contributed by atoms with E-state index in [0.717, 1.165) is 24.3 Å². The molecule has 2 unspecified atom stereocenters. The van der Waals surface area contributed by atoms with Gasteiger partial charge in [0.05, 0.1) is 44.0 Å². The Balaban J connectivity index is 1.77. The fourth-order valence-electron chi connectivity index (χ4n) is 5.41. The molecular weight excluding hydrogens is 362 g/mol. The number of hydrogen-bond donors (Lipinski definition) is 2. The summed E-state index contributed by atoms with van der Waals surface area (Å²) in [6, 6.07) is -0.376. The van der Waals surface area contributed by atoms with Crippen LogP contribution in [0.4, 0.5) is 0 Å². The van der Waals surface area contributed by atoms with E-state index < -0.39 is 52.4 Å². The van der Waals surface area contributed by atoms with Gasteiger partial charge >= 0.3 is 5.97 Å². The number of methoxy groups -OCH3 is 1. The van der Waals surface area contributed by atoms with E-state index in [0.29, 0.717) is 12.3 Å². The van der Waals surface area contributed by atoms with Gasteiger partial charge in [0, 0.05) is 5.41 Å². The minimum atomic E-state index is -3.76. The molecule has 3 aliphatic rings. The Morgan fingerprint density at radius 3 is 2.42 bits per heavy atom. The van der Waals surface area contributed by atoms with E-state index in [4.69, 9.17) is 0 Å². The van der Waals surface area contributed by atoms with Crippen LogP contribution in [0.15, 0.2) is 0 Å². The molecule has 3 rings (SSSR count). The van der Waals surface area contributed by atoms with Crippen LogP contribution in [-0.2, 0) is 24.3 Å². The third kappa shape index (κ3) is 2.66. The second-order valence-corrected chi connectivity index (χ2v) is 10.3. The third-order valence-electron chi connectivity index (χ3n) is 7.09. The lowest BCUT2D eigenvalue weighted by Gasteiger charge is -2.37. The van der Waals surface area contributed by atoms with Gasteiger partial charge in [-0.3, -0.25) is 9.59 Å². The number of carbonyl (C=O) groups is 2. The molecule has 0 aromatic rings. The maximum atomic E-state index is 12.7. The van der Waals surface area contributed by atoms with Crippen LogP contribution in [0, 0.1) is 16.7 Å². The molecule has 1 aliphatic heterocycles. The number of amides is 1. The van der Waals surface area contributed by atoms with Crippen molar-refractivity contribution < 1.29 is 33.0 Å². The van der Waals surface area contributed by atoms with E-state index in [9.17, 15) is 28.2 Å². The minimum Gasteiger partial charge on any atom is -0.469 e. The number of hydrogen-bond acceptors (Lipinski definition) is 7. The fourth-order valence-corrected chi connectivity index (χ4v) is 7.97. The second kappa shape index (κ2) is 6.17. The fraction of sp³-hybridized carbons (Fsp3) is 0.882. The van der Waals surface area contributed by atoms with Gasteiger partial charge in [-0.2, -0.15) is 0 Å². The topological polar surface area (TPSA) is 121 Å². The van der Waals surface area contributed by atoms with Crippen molar-refractivity contribution in [2.75, 3.05) is 12.9 Å². The van der Waals surface area contributed by atoms with Crippen LogP contribution in [-0.4, -0.2) is 65.9 Å². The lowest BCUT2D eigenvalue weighted by Crippen LogP contribution is -2.45. The molecule has 2 bridgehead atoms. The molecule has 3 fully saturated rings. The van der Waals surface area contributed by atoms with E-state index >= 15 is 0 Å². The van der Waals surface area contributed by atoms with Gasteiger partial charge in [-0.05, 0) is 30.6 Å². The van der Waals surface area contributed by atoms with E-state index in [1.807, 2.05) is 0 Å². The van der Waals surface area contributed by atoms with Crippen LogP contribution in [0.5, 0.6) is 0 Å². The predicted molar refractivity (Wildman–Crippen MR) is 91.2 cm³/mol. The lowest BCUT2D eigenvalue weighted by molar-refractivity contribution is -0.146. The summed E-state index contributed by atoms with van der Waals surface area (Å²) in [6.45, 7) is 4.17. The zero-order valence-corrected chi connectivity index (χ0v) is 16.2. The summed E-state index contributed by atoms with van der Waals surface area (Å²) in [5.74, 6) is -1.09. The van der Waals surface area contributed by atoms with Crippen molar-refractivity contribution in [1.82, 2.24) is 4.31 Å². The number of esters is 1. The largest absolute Gasteiger partial charge is 0.469 e. The normalized spacial score (nSPS) is 35.8. The molecule has 2 saturated carbocycles. The van der Waals surface area contributed by atoms with Gasteiger partial charge < -0.3 is 14.9 Å². The van der Waals surface area contributed by atoms with Crippen LogP contribution in [0.2, 0.25) is 0 Å². The van der Waals surface area contributed by atoms with Crippen molar-refractivity contribution in [2.24, 2.45) is 16.7 Å². The van der Waals surface area contributed by atoms with Crippen molar-refractivity contribution in [3.8, 4) is 0 Å². The number of aliphatic hydroxyl groups excluding tert-OH is 2. The van der Waals surface area contributed by atoms with E-state index in [-0.39, 0.29) is 17.2 Å². The van der Waals surface area contributed by atoms with Gasteiger partial charge in [0.15, 0.2) is 0 Å². The van der Waals surface area contributed by atoms with Crippen LogP contribution in [0.1, 0.15) is 46.0 Å². The molecule has 1 amide bonds. The molecule has 8 nitrogen and oxygen atoms in total. The highest BCUT2D eigenvalue weighted by Gasteiger charge is 2.72. The van der Waals surface area contributed by atoms with Crippen molar-refractivity contribution in [3.05, 3.63) is 0 Å². The monoisotopic (exact) mass is 389 g/mol. The Bertz CT molecular complexity index is 719. The summed E-state index contributed by atoms with van der Waals surface area (Å²) in [7, 11) is -2.61. The summed E-state index contributed by atoms with van der Waals surface area (Å²) in [6.07, 6.45) is -1.61. The van der Waals surface area contributed by atoms with Crippen molar-refractivity contribution in [1.29, 1.82) is 0 Å². The third-order valence-corrected chi connectivity index (χ3v) is 9.03. The molecule has 9 heteroatoms. The van der Waals surface area contributed by atoms with Crippen LogP contribution in [0.3, 0.4) is 0 Å². The number of ether oxygens (including phenoxy) is 1.